The molecule has 1 fully saturated rings. The Balaban J connectivity index is 1.97. The van der Waals surface area contributed by atoms with Crippen LogP contribution in [0.2, 0.25) is 0 Å². The Morgan fingerprint density at radius 1 is 1.50 bits per heavy atom. The summed E-state index contributed by atoms with van der Waals surface area (Å²) in [6, 6.07) is 4.30. The van der Waals surface area contributed by atoms with Gasteiger partial charge in [-0.25, -0.2) is 4.39 Å². The minimum Gasteiger partial charge on any atom is -0.352 e. The van der Waals surface area contributed by atoms with E-state index in [4.69, 9.17) is 0 Å². The molecule has 0 spiro atoms. The van der Waals surface area contributed by atoms with E-state index in [1.165, 1.54) is 25.0 Å². The molecular formula is C14H17BrFNO. The van der Waals surface area contributed by atoms with Crippen LogP contribution in [0.4, 0.5) is 4.39 Å². The predicted molar refractivity (Wildman–Crippen MR) is 73.5 cm³/mol. The Kier molecular flexibility index (Phi) is 4.38. The molecule has 4 heteroatoms. The number of halogens is 2. The minimum atomic E-state index is -0.370. The van der Waals surface area contributed by atoms with E-state index in [1.807, 2.05) is 6.92 Å². The highest BCUT2D eigenvalue weighted by atomic mass is 79.9. The summed E-state index contributed by atoms with van der Waals surface area (Å²) in [5.74, 6) is -0.0635. The summed E-state index contributed by atoms with van der Waals surface area (Å²) < 4.78 is 13.1. The van der Waals surface area contributed by atoms with Crippen molar-refractivity contribution in [1.82, 2.24) is 5.32 Å². The standard InChI is InChI=1S/C14H17BrFNO/c1-9-5-6-11(16)7-12(9)14(18)17-8-10-3-2-4-13(10)15/h5-7,10,13H,2-4,8H2,1H3,(H,17,18). The van der Waals surface area contributed by atoms with Gasteiger partial charge >= 0.3 is 0 Å². The third-order valence-corrected chi connectivity index (χ3v) is 4.74. The third-order valence-electron chi connectivity index (χ3n) is 3.54. The molecule has 0 aromatic heterocycles. The number of amides is 1. The van der Waals surface area contributed by atoms with Crippen LogP contribution in [0.1, 0.15) is 35.2 Å². The van der Waals surface area contributed by atoms with Crippen molar-refractivity contribution in [2.24, 2.45) is 5.92 Å². The van der Waals surface area contributed by atoms with Gasteiger partial charge in [-0.1, -0.05) is 28.4 Å². The first kappa shape index (κ1) is 13.5. The van der Waals surface area contributed by atoms with Crippen LogP contribution in [0, 0.1) is 18.7 Å². The topological polar surface area (TPSA) is 29.1 Å². The molecule has 0 saturated heterocycles. The number of hydrogen-bond acceptors (Lipinski definition) is 1. The molecule has 1 N–H and O–H groups in total. The van der Waals surface area contributed by atoms with E-state index >= 15 is 0 Å². The van der Waals surface area contributed by atoms with E-state index in [1.54, 1.807) is 6.07 Å². The van der Waals surface area contributed by atoms with Crippen molar-refractivity contribution < 1.29 is 9.18 Å². The molecule has 1 aliphatic rings. The van der Waals surface area contributed by atoms with E-state index < -0.39 is 0 Å². The summed E-state index contributed by atoms with van der Waals surface area (Å²) in [6.07, 6.45) is 3.51. The molecule has 0 heterocycles. The predicted octanol–water partition coefficient (Wildman–Crippen LogP) is 3.43. The van der Waals surface area contributed by atoms with Gasteiger partial charge in [0.05, 0.1) is 0 Å². The van der Waals surface area contributed by atoms with Gasteiger partial charge in [-0.2, -0.15) is 0 Å². The normalized spacial score (nSPS) is 23.1. The Morgan fingerprint density at radius 2 is 2.28 bits per heavy atom. The molecule has 2 nitrogen and oxygen atoms in total. The number of rotatable bonds is 3. The van der Waals surface area contributed by atoms with Gasteiger partial charge in [0.1, 0.15) is 5.82 Å². The number of aryl methyl sites for hydroxylation is 1. The maximum atomic E-state index is 13.1. The van der Waals surface area contributed by atoms with E-state index in [2.05, 4.69) is 21.2 Å². The molecule has 2 unspecified atom stereocenters. The quantitative estimate of drug-likeness (QED) is 0.851. The fourth-order valence-electron chi connectivity index (χ4n) is 2.38. The van der Waals surface area contributed by atoms with E-state index in [-0.39, 0.29) is 11.7 Å². The molecule has 18 heavy (non-hydrogen) atoms. The van der Waals surface area contributed by atoms with Gasteiger partial charge in [0.15, 0.2) is 0 Å². The summed E-state index contributed by atoms with van der Waals surface area (Å²) in [6.45, 7) is 2.47. The van der Waals surface area contributed by atoms with Gasteiger partial charge in [0, 0.05) is 16.9 Å². The number of alkyl halides is 1. The zero-order chi connectivity index (χ0) is 13.1. The van der Waals surface area contributed by atoms with Crippen LogP contribution in [-0.4, -0.2) is 17.3 Å². The highest BCUT2D eigenvalue weighted by Crippen LogP contribution is 2.30. The highest BCUT2D eigenvalue weighted by Gasteiger charge is 2.25. The van der Waals surface area contributed by atoms with Gasteiger partial charge in [-0.05, 0) is 43.4 Å². The molecular weight excluding hydrogens is 297 g/mol. The molecule has 98 valence electrons. The SMILES string of the molecule is Cc1ccc(F)cc1C(=O)NCC1CCCC1Br. The molecule has 1 saturated carbocycles. The summed E-state index contributed by atoms with van der Waals surface area (Å²) >= 11 is 3.63. The number of carbonyl (C=O) groups excluding carboxylic acids is 1. The van der Waals surface area contributed by atoms with Gasteiger partial charge in [0.25, 0.3) is 5.91 Å². The van der Waals surface area contributed by atoms with Gasteiger partial charge in [0.2, 0.25) is 0 Å². The molecule has 2 rings (SSSR count). The first-order valence-corrected chi connectivity index (χ1v) is 7.18. The van der Waals surface area contributed by atoms with Crippen molar-refractivity contribution in [3.05, 3.63) is 35.1 Å². The van der Waals surface area contributed by atoms with Crippen molar-refractivity contribution in [2.75, 3.05) is 6.54 Å². The first-order chi connectivity index (χ1) is 8.58. The van der Waals surface area contributed by atoms with Crippen molar-refractivity contribution in [1.29, 1.82) is 0 Å². The van der Waals surface area contributed by atoms with Gasteiger partial charge in [-0.3, -0.25) is 4.79 Å². The van der Waals surface area contributed by atoms with Gasteiger partial charge in [-0.15, -0.1) is 0 Å². The monoisotopic (exact) mass is 313 g/mol. The molecule has 0 radical (unpaired) electrons. The fraction of sp³-hybridized carbons (Fsp3) is 0.500. The lowest BCUT2D eigenvalue weighted by atomic mass is 10.1. The molecule has 1 aliphatic carbocycles. The van der Waals surface area contributed by atoms with Crippen molar-refractivity contribution in [3.63, 3.8) is 0 Å². The summed E-state index contributed by atoms with van der Waals surface area (Å²) in [4.78, 5) is 12.5. The number of hydrogen-bond donors (Lipinski definition) is 1. The van der Waals surface area contributed by atoms with E-state index in [0.717, 1.165) is 12.0 Å². The first-order valence-electron chi connectivity index (χ1n) is 6.26. The lowest BCUT2D eigenvalue weighted by Gasteiger charge is -2.15. The van der Waals surface area contributed by atoms with Crippen LogP contribution in [0.15, 0.2) is 18.2 Å². The smallest absolute Gasteiger partial charge is 0.251 e. The molecule has 0 bridgehead atoms. The van der Waals surface area contributed by atoms with Crippen LogP contribution in [-0.2, 0) is 0 Å². The Hall–Kier alpha value is -0.900. The molecule has 1 aromatic carbocycles. The van der Waals surface area contributed by atoms with Crippen LogP contribution in [0.25, 0.3) is 0 Å². The third kappa shape index (κ3) is 3.10. The van der Waals surface area contributed by atoms with Gasteiger partial charge < -0.3 is 5.32 Å². The van der Waals surface area contributed by atoms with E-state index in [0.29, 0.717) is 22.9 Å². The second-order valence-electron chi connectivity index (χ2n) is 4.88. The summed E-state index contributed by atoms with van der Waals surface area (Å²) in [5.41, 5.74) is 1.23. The number of benzene rings is 1. The number of nitrogens with one attached hydrogen (secondary N) is 1. The molecule has 2 atom stereocenters. The van der Waals surface area contributed by atoms with Crippen molar-refractivity contribution in [3.8, 4) is 0 Å². The fourth-order valence-corrected chi connectivity index (χ4v) is 3.15. The van der Waals surface area contributed by atoms with Crippen molar-refractivity contribution in [2.45, 2.75) is 31.0 Å². The van der Waals surface area contributed by atoms with Crippen LogP contribution in [0.5, 0.6) is 0 Å². The summed E-state index contributed by atoms with van der Waals surface area (Å²) in [5, 5.41) is 2.90. The van der Waals surface area contributed by atoms with Crippen LogP contribution >= 0.6 is 15.9 Å². The zero-order valence-corrected chi connectivity index (χ0v) is 12.0. The Morgan fingerprint density at radius 3 is 2.94 bits per heavy atom. The maximum absolute atomic E-state index is 13.1. The zero-order valence-electron chi connectivity index (χ0n) is 10.4. The van der Waals surface area contributed by atoms with Crippen molar-refractivity contribution >= 4 is 21.8 Å². The molecule has 0 aliphatic heterocycles. The lowest BCUT2D eigenvalue weighted by Crippen LogP contribution is -2.31. The second-order valence-corrected chi connectivity index (χ2v) is 6.05. The largest absolute Gasteiger partial charge is 0.352 e. The average Bonchev–Trinajstić information content (AvgIpc) is 2.75. The molecule has 1 aromatic rings. The second kappa shape index (κ2) is 5.83. The van der Waals surface area contributed by atoms with E-state index in [9.17, 15) is 9.18 Å². The lowest BCUT2D eigenvalue weighted by molar-refractivity contribution is 0.0947. The highest BCUT2D eigenvalue weighted by molar-refractivity contribution is 9.09. The van der Waals surface area contributed by atoms with Crippen LogP contribution in [0.3, 0.4) is 0 Å². The molecule has 1 amide bonds. The Labute approximate surface area is 115 Å². The Bertz CT molecular complexity index is 449. The number of carbonyl (C=O) groups is 1. The maximum Gasteiger partial charge on any atom is 0.251 e. The average molecular weight is 314 g/mol. The summed E-state index contributed by atoms with van der Waals surface area (Å²) in [7, 11) is 0. The van der Waals surface area contributed by atoms with Crippen LogP contribution < -0.4 is 5.32 Å². The minimum absolute atomic E-state index is 0.182.